The lowest BCUT2D eigenvalue weighted by Gasteiger charge is -2.12. The van der Waals surface area contributed by atoms with E-state index in [9.17, 15) is 4.79 Å². The number of rotatable bonds is 11. The maximum Gasteiger partial charge on any atom is 0.251 e. The normalized spacial score (nSPS) is 10.8. The standard InChI is InChI=1S/C23H32N4O2.HI/c1-24-22(28)21-11-6-10-20(18-21)12-15-27-23(25-2)26-14-7-16-29-17-13-19-8-4-3-5-9-19;/h3-6,8-11,18H,7,12-17H2,1-2H3,(H,24,28)(H2,25,26,27);1H. The van der Waals surface area contributed by atoms with E-state index in [1.165, 1.54) is 5.56 Å². The molecule has 0 radical (unpaired) electrons. The zero-order valence-electron chi connectivity index (χ0n) is 17.8. The Morgan fingerprint density at radius 3 is 2.40 bits per heavy atom. The van der Waals surface area contributed by atoms with Crippen molar-refractivity contribution in [2.24, 2.45) is 4.99 Å². The molecular formula is C23H33IN4O2. The van der Waals surface area contributed by atoms with Gasteiger partial charge in [0.1, 0.15) is 0 Å². The van der Waals surface area contributed by atoms with Crippen molar-refractivity contribution in [1.29, 1.82) is 0 Å². The number of carbonyl (C=O) groups is 1. The van der Waals surface area contributed by atoms with Crippen LogP contribution in [0.2, 0.25) is 0 Å². The summed E-state index contributed by atoms with van der Waals surface area (Å²) in [5.41, 5.74) is 3.09. The number of guanidine groups is 1. The zero-order chi connectivity index (χ0) is 20.7. The van der Waals surface area contributed by atoms with E-state index in [1.54, 1.807) is 14.1 Å². The van der Waals surface area contributed by atoms with Gasteiger partial charge >= 0.3 is 0 Å². The van der Waals surface area contributed by atoms with E-state index in [0.717, 1.165) is 57.1 Å². The Morgan fingerprint density at radius 2 is 1.67 bits per heavy atom. The summed E-state index contributed by atoms with van der Waals surface area (Å²) in [6.07, 6.45) is 2.68. The SMILES string of the molecule is CN=C(NCCCOCCc1ccccc1)NCCc1cccc(C(=O)NC)c1.I. The van der Waals surface area contributed by atoms with E-state index in [4.69, 9.17) is 4.74 Å². The van der Waals surface area contributed by atoms with Crippen LogP contribution in [0.15, 0.2) is 59.6 Å². The number of nitrogens with zero attached hydrogens (tertiary/aromatic N) is 1. The number of hydrogen-bond donors (Lipinski definition) is 3. The molecule has 7 heteroatoms. The highest BCUT2D eigenvalue weighted by Crippen LogP contribution is 2.05. The Morgan fingerprint density at radius 1 is 0.933 bits per heavy atom. The second kappa shape index (κ2) is 15.7. The van der Waals surface area contributed by atoms with E-state index in [-0.39, 0.29) is 29.9 Å². The third-order valence-corrected chi connectivity index (χ3v) is 4.48. The van der Waals surface area contributed by atoms with Crippen molar-refractivity contribution in [3.63, 3.8) is 0 Å². The average molecular weight is 524 g/mol. The van der Waals surface area contributed by atoms with E-state index >= 15 is 0 Å². The Bertz CT molecular complexity index is 769. The molecule has 0 fully saturated rings. The minimum Gasteiger partial charge on any atom is -0.381 e. The molecule has 0 bridgehead atoms. The predicted octanol–water partition coefficient (Wildman–Crippen LogP) is 3.02. The van der Waals surface area contributed by atoms with Crippen molar-refractivity contribution in [3.05, 3.63) is 71.3 Å². The largest absolute Gasteiger partial charge is 0.381 e. The highest BCUT2D eigenvalue weighted by molar-refractivity contribution is 14.0. The van der Waals surface area contributed by atoms with Crippen LogP contribution in [-0.2, 0) is 17.6 Å². The van der Waals surface area contributed by atoms with Crippen molar-refractivity contribution >= 4 is 35.8 Å². The fourth-order valence-electron chi connectivity index (χ4n) is 2.88. The summed E-state index contributed by atoms with van der Waals surface area (Å²) in [5.74, 6) is 0.708. The summed E-state index contributed by atoms with van der Waals surface area (Å²) in [7, 11) is 3.40. The van der Waals surface area contributed by atoms with Gasteiger partial charge in [0.05, 0.1) is 6.61 Å². The van der Waals surface area contributed by atoms with Crippen LogP contribution in [0.4, 0.5) is 0 Å². The molecule has 0 aromatic heterocycles. The van der Waals surface area contributed by atoms with Gasteiger partial charge in [-0.3, -0.25) is 9.79 Å². The topological polar surface area (TPSA) is 74.8 Å². The molecule has 2 rings (SSSR count). The summed E-state index contributed by atoms with van der Waals surface area (Å²) in [6.45, 7) is 3.01. The minimum atomic E-state index is -0.0664. The lowest BCUT2D eigenvalue weighted by molar-refractivity contribution is 0.0963. The van der Waals surface area contributed by atoms with Crippen molar-refractivity contribution in [3.8, 4) is 0 Å². The van der Waals surface area contributed by atoms with E-state index in [1.807, 2.05) is 30.3 Å². The first-order valence-electron chi connectivity index (χ1n) is 10.1. The van der Waals surface area contributed by atoms with E-state index in [2.05, 4.69) is 45.2 Å². The molecule has 0 aliphatic heterocycles. The Hall–Kier alpha value is -2.13. The van der Waals surface area contributed by atoms with Gasteiger partial charge in [0.25, 0.3) is 5.91 Å². The van der Waals surface area contributed by atoms with Crippen LogP contribution in [0.25, 0.3) is 0 Å². The smallest absolute Gasteiger partial charge is 0.251 e. The van der Waals surface area contributed by atoms with Gasteiger partial charge in [0, 0.05) is 39.4 Å². The third kappa shape index (κ3) is 10.1. The number of hydrogen-bond acceptors (Lipinski definition) is 3. The molecule has 0 saturated heterocycles. The van der Waals surface area contributed by atoms with Crippen LogP contribution in [0.1, 0.15) is 27.9 Å². The second-order valence-electron chi connectivity index (χ2n) is 6.66. The van der Waals surface area contributed by atoms with E-state index < -0.39 is 0 Å². The fourth-order valence-corrected chi connectivity index (χ4v) is 2.88. The molecule has 6 nitrogen and oxygen atoms in total. The van der Waals surface area contributed by atoms with Crippen molar-refractivity contribution in [2.45, 2.75) is 19.3 Å². The maximum atomic E-state index is 11.7. The highest BCUT2D eigenvalue weighted by atomic mass is 127. The molecule has 2 aromatic carbocycles. The first kappa shape index (κ1) is 25.9. The van der Waals surface area contributed by atoms with Gasteiger partial charge in [-0.1, -0.05) is 42.5 Å². The number of nitrogens with one attached hydrogen (secondary N) is 3. The molecule has 0 spiro atoms. The van der Waals surface area contributed by atoms with Crippen LogP contribution < -0.4 is 16.0 Å². The molecule has 3 N–H and O–H groups in total. The summed E-state index contributed by atoms with van der Waals surface area (Å²) >= 11 is 0. The molecule has 0 unspecified atom stereocenters. The Balaban J connectivity index is 0.00000450. The number of amides is 1. The molecule has 30 heavy (non-hydrogen) atoms. The number of aliphatic imine (C=N–C) groups is 1. The number of halogens is 1. The summed E-state index contributed by atoms with van der Waals surface area (Å²) in [6, 6.07) is 18.0. The number of carbonyl (C=O) groups excluding carboxylic acids is 1. The lowest BCUT2D eigenvalue weighted by Crippen LogP contribution is -2.39. The summed E-state index contributed by atoms with van der Waals surface area (Å²) in [5, 5.41) is 9.25. The van der Waals surface area contributed by atoms with Crippen molar-refractivity contribution < 1.29 is 9.53 Å². The van der Waals surface area contributed by atoms with Gasteiger partial charge < -0.3 is 20.7 Å². The minimum absolute atomic E-state index is 0. The maximum absolute atomic E-state index is 11.7. The zero-order valence-corrected chi connectivity index (χ0v) is 20.1. The first-order chi connectivity index (χ1) is 14.2. The van der Waals surface area contributed by atoms with Crippen LogP contribution in [0.3, 0.4) is 0 Å². The second-order valence-corrected chi connectivity index (χ2v) is 6.66. The molecule has 1 amide bonds. The fraction of sp³-hybridized carbons (Fsp3) is 0.391. The highest BCUT2D eigenvalue weighted by Gasteiger charge is 2.04. The van der Waals surface area contributed by atoms with Gasteiger partial charge in [-0.25, -0.2) is 0 Å². The van der Waals surface area contributed by atoms with Crippen LogP contribution in [-0.4, -0.2) is 52.3 Å². The van der Waals surface area contributed by atoms with Crippen LogP contribution in [0, 0.1) is 0 Å². The Kier molecular flexibility index (Phi) is 13.5. The van der Waals surface area contributed by atoms with Crippen LogP contribution in [0.5, 0.6) is 0 Å². The van der Waals surface area contributed by atoms with Crippen LogP contribution >= 0.6 is 24.0 Å². The summed E-state index contributed by atoms with van der Waals surface area (Å²) in [4.78, 5) is 16.0. The monoisotopic (exact) mass is 524 g/mol. The first-order valence-corrected chi connectivity index (χ1v) is 10.1. The van der Waals surface area contributed by atoms with Gasteiger partial charge in [-0.15, -0.1) is 24.0 Å². The molecular weight excluding hydrogens is 491 g/mol. The molecule has 164 valence electrons. The average Bonchev–Trinajstić information content (AvgIpc) is 2.77. The molecule has 2 aromatic rings. The molecule has 0 saturated carbocycles. The lowest BCUT2D eigenvalue weighted by atomic mass is 10.1. The quantitative estimate of drug-likeness (QED) is 0.183. The number of ether oxygens (including phenoxy) is 1. The molecule has 0 aliphatic carbocycles. The molecule has 0 atom stereocenters. The predicted molar refractivity (Wildman–Crippen MR) is 134 cm³/mol. The Labute approximate surface area is 196 Å². The van der Waals surface area contributed by atoms with Gasteiger partial charge in [0.15, 0.2) is 5.96 Å². The van der Waals surface area contributed by atoms with Crippen molar-refractivity contribution in [1.82, 2.24) is 16.0 Å². The summed E-state index contributed by atoms with van der Waals surface area (Å²) < 4.78 is 5.70. The van der Waals surface area contributed by atoms with Gasteiger partial charge in [0.2, 0.25) is 0 Å². The van der Waals surface area contributed by atoms with Gasteiger partial charge in [-0.05, 0) is 42.5 Å². The molecule has 0 heterocycles. The molecule has 0 aliphatic rings. The van der Waals surface area contributed by atoms with Gasteiger partial charge in [-0.2, -0.15) is 0 Å². The van der Waals surface area contributed by atoms with E-state index in [0.29, 0.717) is 5.56 Å². The third-order valence-electron chi connectivity index (χ3n) is 4.48. The number of benzene rings is 2. The van der Waals surface area contributed by atoms with Crippen molar-refractivity contribution in [2.75, 3.05) is 40.4 Å².